The number of nitrogens with one attached hydrogen (secondary N) is 1. The zero-order chi connectivity index (χ0) is 13.8. The van der Waals surface area contributed by atoms with Crippen LogP contribution in [0.1, 0.15) is 45.9 Å². The summed E-state index contributed by atoms with van der Waals surface area (Å²) in [6.07, 6.45) is 3.08. The summed E-state index contributed by atoms with van der Waals surface area (Å²) in [6, 6.07) is -0.389. The van der Waals surface area contributed by atoms with E-state index in [1.807, 2.05) is 20.8 Å². The Bertz CT molecular complexity index is 395. The second-order valence-electron chi connectivity index (χ2n) is 5.43. The minimum atomic E-state index is -0.389. The molecule has 18 heavy (non-hydrogen) atoms. The molecule has 0 radical (unpaired) electrons. The Morgan fingerprint density at radius 1 is 1.56 bits per heavy atom. The standard InChI is InChI=1S/C12H22N4O2/c1-9(11(18)13-12(2,3)4)16-8-10(14-15-16)6-5-7-17/h8-9,17H,5-7H2,1-4H3,(H,13,18). The molecular formula is C12H22N4O2. The average molecular weight is 254 g/mol. The van der Waals surface area contributed by atoms with Crippen LogP contribution in [0.4, 0.5) is 0 Å². The van der Waals surface area contributed by atoms with Gasteiger partial charge in [-0.15, -0.1) is 5.10 Å². The van der Waals surface area contributed by atoms with Crippen molar-refractivity contribution in [3.63, 3.8) is 0 Å². The number of aliphatic hydroxyl groups is 1. The second-order valence-corrected chi connectivity index (χ2v) is 5.43. The van der Waals surface area contributed by atoms with Crippen LogP contribution in [0.25, 0.3) is 0 Å². The quantitative estimate of drug-likeness (QED) is 0.809. The zero-order valence-electron chi connectivity index (χ0n) is 11.5. The highest BCUT2D eigenvalue weighted by Crippen LogP contribution is 2.09. The summed E-state index contributed by atoms with van der Waals surface area (Å²) < 4.78 is 1.55. The molecule has 1 rings (SSSR count). The van der Waals surface area contributed by atoms with Crippen LogP contribution in [0, 0.1) is 0 Å². The summed E-state index contributed by atoms with van der Waals surface area (Å²) in [5.41, 5.74) is 0.533. The van der Waals surface area contributed by atoms with Crippen LogP contribution in [0.15, 0.2) is 6.20 Å². The van der Waals surface area contributed by atoms with E-state index in [-0.39, 0.29) is 24.1 Å². The number of hydrogen-bond donors (Lipinski definition) is 2. The van der Waals surface area contributed by atoms with Gasteiger partial charge < -0.3 is 10.4 Å². The normalized spacial score (nSPS) is 13.4. The third kappa shape index (κ3) is 4.44. The first-order valence-electron chi connectivity index (χ1n) is 6.17. The highest BCUT2D eigenvalue weighted by atomic mass is 16.2. The number of amides is 1. The van der Waals surface area contributed by atoms with Gasteiger partial charge in [0.1, 0.15) is 6.04 Å². The largest absolute Gasteiger partial charge is 0.396 e. The van der Waals surface area contributed by atoms with Crippen molar-refractivity contribution in [3.8, 4) is 0 Å². The van der Waals surface area contributed by atoms with Crippen molar-refractivity contribution >= 4 is 5.91 Å². The van der Waals surface area contributed by atoms with E-state index in [1.165, 1.54) is 0 Å². The molecule has 0 bridgehead atoms. The lowest BCUT2D eigenvalue weighted by Gasteiger charge is -2.23. The molecule has 0 saturated heterocycles. The van der Waals surface area contributed by atoms with Gasteiger partial charge in [-0.25, -0.2) is 4.68 Å². The van der Waals surface area contributed by atoms with Gasteiger partial charge in [-0.05, 0) is 40.5 Å². The van der Waals surface area contributed by atoms with Gasteiger partial charge in [-0.1, -0.05) is 5.21 Å². The number of aromatic nitrogens is 3. The van der Waals surface area contributed by atoms with Gasteiger partial charge in [0.2, 0.25) is 5.91 Å². The van der Waals surface area contributed by atoms with E-state index in [4.69, 9.17) is 5.11 Å². The predicted octanol–water partition coefficient (Wildman–Crippen LogP) is 0.679. The summed E-state index contributed by atoms with van der Waals surface area (Å²) in [5.74, 6) is -0.0823. The van der Waals surface area contributed by atoms with Crippen molar-refractivity contribution in [2.24, 2.45) is 0 Å². The Hall–Kier alpha value is -1.43. The lowest BCUT2D eigenvalue weighted by atomic mass is 10.1. The molecule has 6 heteroatoms. The van der Waals surface area contributed by atoms with Gasteiger partial charge in [0, 0.05) is 18.3 Å². The second kappa shape index (κ2) is 5.95. The van der Waals surface area contributed by atoms with E-state index in [0.29, 0.717) is 12.8 Å². The smallest absolute Gasteiger partial charge is 0.245 e. The van der Waals surface area contributed by atoms with Gasteiger partial charge in [0.15, 0.2) is 0 Å². The van der Waals surface area contributed by atoms with Gasteiger partial charge in [0.25, 0.3) is 0 Å². The zero-order valence-corrected chi connectivity index (χ0v) is 11.5. The molecule has 6 nitrogen and oxygen atoms in total. The van der Waals surface area contributed by atoms with Crippen LogP contribution in [-0.2, 0) is 11.2 Å². The first-order valence-corrected chi connectivity index (χ1v) is 6.17. The van der Waals surface area contributed by atoms with Crippen molar-refractivity contribution < 1.29 is 9.90 Å². The van der Waals surface area contributed by atoms with Crippen LogP contribution in [0.3, 0.4) is 0 Å². The molecule has 0 aliphatic rings. The number of rotatable bonds is 5. The number of hydrogen-bond acceptors (Lipinski definition) is 4. The molecule has 1 aromatic heterocycles. The van der Waals surface area contributed by atoms with Gasteiger partial charge in [-0.2, -0.15) is 0 Å². The van der Waals surface area contributed by atoms with E-state index in [1.54, 1.807) is 17.8 Å². The molecule has 1 atom stereocenters. The number of carbonyl (C=O) groups excluding carboxylic acids is 1. The number of aryl methyl sites for hydroxylation is 1. The molecule has 1 amide bonds. The summed E-state index contributed by atoms with van der Waals surface area (Å²) >= 11 is 0. The number of carbonyl (C=O) groups is 1. The molecule has 2 N–H and O–H groups in total. The van der Waals surface area contributed by atoms with Crippen LogP contribution in [0.5, 0.6) is 0 Å². The van der Waals surface area contributed by atoms with E-state index in [2.05, 4.69) is 15.6 Å². The summed E-state index contributed by atoms with van der Waals surface area (Å²) in [6.45, 7) is 7.72. The maximum absolute atomic E-state index is 11.9. The molecule has 0 aliphatic carbocycles. The van der Waals surface area contributed by atoms with Gasteiger partial charge in [0.05, 0.1) is 5.69 Å². The summed E-state index contributed by atoms with van der Waals surface area (Å²) in [4.78, 5) is 11.9. The Kier molecular flexibility index (Phi) is 4.84. The third-order valence-corrected chi connectivity index (χ3v) is 2.42. The fourth-order valence-electron chi connectivity index (χ4n) is 1.47. The highest BCUT2D eigenvalue weighted by Gasteiger charge is 2.21. The molecule has 0 saturated carbocycles. The minimum absolute atomic E-state index is 0.0823. The number of aliphatic hydroxyl groups excluding tert-OH is 1. The van der Waals surface area contributed by atoms with Crippen molar-refractivity contribution in [3.05, 3.63) is 11.9 Å². The molecule has 1 aromatic rings. The van der Waals surface area contributed by atoms with E-state index >= 15 is 0 Å². The Balaban J connectivity index is 2.63. The molecule has 102 valence electrons. The van der Waals surface area contributed by atoms with Gasteiger partial charge >= 0.3 is 0 Å². The topological polar surface area (TPSA) is 80.0 Å². The first-order chi connectivity index (χ1) is 8.33. The van der Waals surface area contributed by atoms with Crippen LogP contribution in [-0.4, -0.2) is 38.2 Å². The minimum Gasteiger partial charge on any atom is -0.396 e. The third-order valence-electron chi connectivity index (χ3n) is 2.42. The molecule has 0 spiro atoms. The Morgan fingerprint density at radius 2 is 2.22 bits per heavy atom. The average Bonchev–Trinajstić information content (AvgIpc) is 2.71. The fraction of sp³-hybridized carbons (Fsp3) is 0.750. The maximum atomic E-state index is 11.9. The fourth-order valence-corrected chi connectivity index (χ4v) is 1.47. The Labute approximate surface area is 107 Å². The van der Waals surface area contributed by atoms with Crippen LogP contribution >= 0.6 is 0 Å². The molecular weight excluding hydrogens is 232 g/mol. The maximum Gasteiger partial charge on any atom is 0.245 e. The lowest BCUT2D eigenvalue weighted by Crippen LogP contribution is -2.43. The highest BCUT2D eigenvalue weighted by molar-refractivity contribution is 5.80. The van der Waals surface area contributed by atoms with Gasteiger partial charge in [-0.3, -0.25) is 4.79 Å². The van der Waals surface area contributed by atoms with E-state index < -0.39 is 0 Å². The molecule has 1 heterocycles. The monoisotopic (exact) mass is 254 g/mol. The first kappa shape index (κ1) is 14.6. The van der Waals surface area contributed by atoms with Crippen LogP contribution in [0.2, 0.25) is 0 Å². The lowest BCUT2D eigenvalue weighted by molar-refractivity contribution is -0.125. The SMILES string of the molecule is CC(C(=O)NC(C)(C)C)n1cc(CCCO)nn1. The van der Waals surface area contributed by atoms with Crippen LogP contribution < -0.4 is 5.32 Å². The summed E-state index contributed by atoms with van der Waals surface area (Å²) in [7, 11) is 0. The van der Waals surface area contributed by atoms with Crippen molar-refractivity contribution in [1.29, 1.82) is 0 Å². The molecule has 0 aliphatic heterocycles. The Morgan fingerprint density at radius 3 is 2.78 bits per heavy atom. The van der Waals surface area contributed by atoms with Crippen molar-refractivity contribution in [2.75, 3.05) is 6.61 Å². The van der Waals surface area contributed by atoms with Crippen molar-refractivity contribution in [1.82, 2.24) is 20.3 Å². The molecule has 0 fully saturated rings. The predicted molar refractivity (Wildman–Crippen MR) is 68.0 cm³/mol. The van der Waals surface area contributed by atoms with Crippen molar-refractivity contribution in [2.45, 2.75) is 52.1 Å². The molecule has 1 unspecified atom stereocenters. The number of nitrogens with zero attached hydrogens (tertiary/aromatic N) is 3. The van der Waals surface area contributed by atoms with E-state index in [9.17, 15) is 4.79 Å². The molecule has 0 aromatic carbocycles. The van der Waals surface area contributed by atoms with E-state index in [0.717, 1.165) is 5.69 Å². The summed E-state index contributed by atoms with van der Waals surface area (Å²) in [5, 5.41) is 19.6.